The van der Waals surface area contributed by atoms with E-state index in [0.29, 0.717) is 0 Å². The first-order chi connectivity index (χ1) is 11.4. The van der Waals surface area contributed by atoms with Crippen molar-refractivity contribution in [1.82, 2.24) is 19.7 Å². The molecule has 1 aliphatic heterocycles. The smallest absolute Gasteiger partial charge is 0.333 e. The molecule has 0 fully saturated rings. The molecule has 1 amide bonds. The maximum atomic E-state index is 12.8. The van der Waals surface area contributed by atoms with Crippen LogP contribution >= 0.6 is 12.4 Å². The summed E-state index contributed by atoms with van der Waals surface area (Å²) in [5.74, 6) is -1.64. The van der Waals surface area contributed by atoms with E-state index in [1.54, 1.807) is 0 Å². The Bertz CT molecular complexity index is 735. The Hall–Kier alpha value is -2.13. The molecule has 2 aromatic rings. The summed E-state index contributed by atoms with van der Waals surface area (Å²) in [7, 11) is 0. The average Bonchev–Trinajstić information content (AvgIpc) is 2.99. The predicted molar refractivity (Wildman–Crippen MR) is 85.9 cm³/mol. The molecule has 6 nitrogen and oxygen atoms in total. The summed E-state index contributed by atoms with van der Waals surface area (Å²) in [6, 6.07) is 9.08. The first-order valence-electron chi connectivity index (χ1n) is 7.45. The van der Waals surface area contributed by atoms with Crippen LogP contribution in [-0.2, 0) is 24.1 Å². The molecule has 1 aromatic carbocycles. The van der Waals surface area contributed by atoms with Gasteiger partial charge in [-0.3, -0.25) is 4.79 Å². The summed E-state index contributed by atoms with van der Waals surface area (Å²) < 4.78 is 39.6. The maximum Gasteiger partial charge on any atom is 0.451 e. The van der Waals surface area contributed by atoms with Crippen molar-refractivity contribution >= 4 is 18.3 Å². The van der Waals surface area contributed by atoms with E-state index >= 15 is 0 Å². The third-order valence-corrected chi connectivity index (χ3v) is 4.05. The Balaban J connectivity index is 0.00000225. The van der Waals surface area contributed by atoms with Crippen molar-refractivity contribution in [3.8, 4) is 0 Å². The molecule has 25 heavy (non-hydrogen) atoms. The number of nitrogens with zero attached hydrogens (tertiary/aromatic N) is 4. The minimum absolute atomic E-state index is 0. The topological polar surface area (TPSA) is 77.0 Å². The van der Waals surface area contributed by atoms with E-state index in [1.165, 1.54) is 4.90 Å². The Morgan fingerprint density at radius 3 is 2.48 bits per heavy atom. The Morgan fingerprint density at radius 2 is 1.88 bits per heavy atom. The van der Waals surface area contributed by atoms with Gasteiger partial charge in [-0.15, -0.1) is 22.6 Å². The van der Waals surface area contributed by atoms with Gasteiger partial charge in [0.2, 0.25) is 11.7 Å². The molecular formula is C15H17ClF3N5O. The zero-order valence-electron chi connectivity index (χ0n) is 13.1. The zero-order valence-corrected chi connectivity index (χ0v) is 13.9. The number of carbonyl (C=O) groups excluding carboxylic acids is 1. The first kappa shape index (κ1) is 19.2. The maximum absolute atomic E-state index is 12.8. The molecule has 1 aliphatic rings. The molecule has 0 saturated carbocycles. The van der Waals surface area contributed by atoms with Gasteiger partial charge in [0.15, 0.2) is 5.82 Å². The van der Waals surface area contributed by atoms with Crippen molar-refractivity contribution < 1.29 is 18.0 Å². The fourth-order valence-electron chi connectivity index (χ4n) is 2.84. The average molecular weight is 376 g/mol. The highest BCUT2D eigenvalue weighted by Crippen LogP contribution is 2.30. The van der Waals surface area contributed by atoms with Gasteiger partial charge in [0.05, 0.1) is 12.5 Å². The third-order valence-electron chi connectivity index (χ3n) is 4.05. The molecule has 1 atom stereocenters. The standard InChI is InChI=1S/C15H16F3N5O.ClH/c16-15(17,18)14-21-20-12-9-22(6-7-23(12)14)13(24)11(8-19)10-4-2-1-3-5-10;/h1-5,11H,6-9,19H2;1H. The van der Waals surface area contributed by atoms with Crippen LogP contribution in [0.4, 0.5) is 13.2 Å². The van der Waals surface area contributed by atoms with E-state index in [2.05, 4.69) is 10.2 Å². The number of aromatic nitrogens is 3. The van der Waals surface area contributed by atoms with E-state index in [9.17, 15) is 18.0 Å². The van der Waals surface area contributed by atoms with Gasteiger partial charge in [-0.25, -0.2) is 0 Å². The summed E-state index contributed by atoms with van der Waals surface area (Å²) in [6.07, 6.45) is -4.55. The van der Waals surface area contributed by atoms with Crippen molar-refractivity contribution in [2.24, 2.45) is 5.73 Å². The molecule has 0 radical (unpaired) electrons. The van der Waals surface area contributed by atoms with Crippen molar-refractivity contribution in [3.63, 3.8) is 0 Å². The van der Waals surface area contributed by atoms with Crippen LogP contribution in [-0.4, -0.2) is 38.7 Å². The van der Waals surface area contributed by atoms with Gasteiger partial charge in [0.25, 0.3) is 0 Å². The van der Waals surface area contributed by atoms with Crippen LogP contribution in [0.3, 0.4) is 0 Å². The lowest BCUT2D eigenvalue weighted by atomic mass is 9.97. The molecule has 0 spiro atoms. The van der Waals surface area contributed by atoms with E-state index in [4.69, 9.17) is 5.73 Å². The molecule has 0 aliphatic carbocycles. The van der Waals surface area contributed by atoms with Gasteiger partial charge < -0.3 is 15.2 Å². The van der Waals surface area contributed by atoms with Crippen LogP contribution < -0.4 is 5.73 Å². The number of hydrogen-bond acceptors (Lipinski definition) is 4. The van der Waals surface area contributed by atoms with Crippen molar-refractivity contribution in [2.75, 3.05) is 13.1 Å². The highest BCUT2D eigenvalue weighted by Gasteiger charge is 2.40. The van der Waals surface area contributed by atoms with Crippen molar-refractivity contribution in [2.45, 2.75) is 25.2 Å². The van der Waals surface area contributed by atoms with Crippen LogP contribution in [0.25, 0.3) is 0 Å². The number of carbonyl (C=O) groups is 1. The monoisotopic (exact) mass is 375 g/mol. The number of benzene rings is 1. The number of fused-ring (bicyclic) bond motifs is 1. The summed E-state index contributed by atoms with van der Waals surface area (Å²) in [5.41, 5.74) is 6.52. The summed E-state index contributed by atoms with van der Waals surface area (Å²) >= 11 is 0. The van der Waals surface area contributed by atoms with Crippen molar-refractivity contribution in [1.29, 1.82) is 0 Å². The SMILES string of the molecule is Cl.NCC(C(=O)N1CCn2c(nnc2C(F)(F)F)C1)c1ccccc1. The van der Waals surface area contributed by atoms with E-state index in [1.807, 2.05) is 30.3 Å². The second kappa shape index (κ2) is 7.40. The first-order valence-corrected chi connectivity index (χ1v) is 7.45. The molecule has 10 heteroatoms. The minimum atomic E-state index is -4.55. The van der Waals surface area contributed by atoms with Gasteiger partial charge in [0, 0.05) is 19.6 Å². The number of nitrogens with two attached hydrogens (primary N) is 1. The van der Waals surface area contributed by atoms with Gasteiger partial charge in [0.1, 0.15) is 0 Å². The highest BCUT2D eigenvalue weighted by molar-refractivity contribution is 5.85. The molecular weight excluding hydrogens is 359 g/mol. The molecule has 3 rings (SSSR count). The fraction of sp³-hybridized carbons (Fsp3) is 0.400. The molecule has 2 N–H and O–H groups in total. The molecule has 2 heterocycles. The summed E-state index contributed by atoms with van der Waals surface area (Å²) in [4.78, 5) is 14.2. The Morgan fingerprint density at radius 1 is 1.20 bits per heavy atom. The third kappa shape index (κ3) is 3.77. The largest absolute Gasteiger partial charge is 0.451 e. The van der Waals surface area contributed by atoms with E-state index in [0.717, 1.165) is 10.1 Å². The number of hydrogen-bond donors (Lipinski definition) is 1. The zero-order chi connectivity index (χ0) is 17.3. The Labute approximate surface area is 148 Å². The van der Waals surface area contributed by atoms with Crippen LogP contribution in [0, 0.1) is 0 Å². The second-order valence-electron chi connectivity index (χ2n) is 5.55. The van der Waals surface area contributed by atoms with Crippen LogP contribution in [0.2, 0.25) is 0 Å². The number of amides is 1. The van der Waals surface area contributed by atoms with E-state index in [-0.39, 0.29) is 50.3 Å². The van der Waals surface area contributed by atoms with Gasteiger partial charge in [-0.05, 0) is 5.56 Å². The fourth-order valence-corrected chi connectivity index (χ4v) is 2.84. The van der Waals surface area contributed by atoms with Crippen LogP contribution in [0.1, 0.15) is 23.1 Å². The Kier molecular flexibility index (Phi) is 5.69. The number of rotatable bonds is 3. The van der Waals surface area contributed by atoms with Gasteiger partial charge in [-0.2, -0.15) is 13.2 Å². The molecule has 0 saturated heterocycles. The van der Waals surface area contributed by atoms with Crippen LogP contribution in [0.5, 0.6) is 0 Å². The van der Waals surface area contributed by atoms with E-state index < -0.39 is 17.9 Å². The second-order valence-corrected chi connectivity index (χ2v) is 5.55. The molecule has 136 valence electrons. The summed E-state index contributed by atoms with van der Waals surface area (Å²) in [5, 5.41) is 6.79. The highest BCUT2D eigenvalue weighted by atomic mass is 35.5. The van der Waals surface area contributed by atoms with Gasteiger partial charge in [-0.1, -0.05) is 30.3 Å². The lowest BCUT2D eigenvalue weighted by Crippen LogP contribution is -2.43. The quantitative estimate of drug-likeness (QED) is 0.887. The minimum Gasteiger partial charge on any atom is -0.333 e. The molecule has 0 bridgehead atoms. The molecule has 1 aromatic heterocycles. The van der Waals surface area contributed by atoms with Gasteiger partial charge >= 0.3 is 6.18 Å². The number of alkyl halides is 3. The lowest BCUT2D eigenvalue weighted by Gasteiger charge is -2.31. The number of halogens is 4. The van der Waals surface area contributed by atoms with Crippen molar-refractivity contribution in [3.05, 3.63) is 47.5 Å². The normalized spacial score (nSPS) is 15.3. The van der Waals surface area contributed by atoms with Crippen LogP contribution in [0.15, 0.2) is 30.3 Å². The predicted octanol–water partition coefficient (Wildman–Crippen LogP) is 1.80. The summed E-state index contributed by atoms with van der Waals surface area (Å²) in [6.45, 7) is 0.288. The molecule has 1 unspecified atom stereocenters. The lowest BCUT2D eigenvalue weighted by molar-refractivity contribution is -0.148.